The Morgan fingerprint density at radius 3 is 2.75 bits per heavy atom. The van der Waals surface area contributed by atoms with E-state index in [9.17, 15) is 9.59 Å². The first-order valence-electron chi connectivity index (χ1n) is 4.83. The number of carbonyl (C=O) groups excluding carboxylic acids is 2. The Labute approximate surface area is 103 Å². The van der Waals surface area contributed by atoms with Crippen LogP contribution in [-0.4, -0.2) is 16.5 Å². The van der Waals surface area contributed by atoms with Gasteiger partial charge in [-0.15, -0.1) is 0 Å². The van der Waals surface area contributed by atoms with Gasteiger partial charge >= 0.3 is 0 Å². The molecular weight excluding hydrogens is 249 g/mol. The van der Waals surface area contributed by atoms with Gasteiger partial charge in [0, 0.05) is 17.7 Å². The maximum atomic E-state index is 11.5. The number of carbonyl (C=O) groups is 2. The number of anilines is 1. The first-order valence-corrected chi connectivity index (χ1v) is 5.70. The molecule has 1 heterocycles. The monoisotopic (exact) mass is 257 g/mol. The van der Waals surface area contributed by atoms with Crippen LogP contribution < -0.4 is 5.32 Å². The minimum Gasteiger partial charge on any atom is -0.326 e. The highest BCUT2D eigenvalue weighted by Crippen LogP contribution is 2.24. The van der Waals surface area contributed by atoms with Crippen LogP contribution in [0.25, 0.3) is 0 Å². The molecule has 1 aromatic carbocycles. The van der Waals surface area contributed by atoms with E-state index in [0.29, 0.717) is 18.4 Å². The molecule has 16 heavy (non-hydrogen) atoms. The largest absolute Gasteiger partial charge is 0.326 e. The number of nitrogens with one attached hydrogen (secondary N) is 1. The molecule has 1 N–H and O–H groups in total. The summed E-state index contributed by atoms with van der Waals surface area (Å²) in [5.41, 5.74) is 2.18. The van der Waals surface area contributed by atoms with Gasteiger partial charge in [0.25, 0.3) is 0 Å². The lowest BCUT2D eigenvalue weighted by Crippen LogP contribution is -2.19. The van der Waals surface area contributed by atoms with E-state index in [1.54, 1.807) is 18.2 Å². The molecule has 0 radical (unpaired) electrons. The quantitative estimate of drug-likeness (QED) is 0.654. The number of hydrogen-bond donors (Lipinski definition) is 1. The molecule has 1 aliphatic rings. The van der Waals surface area contributed by atoms with Crippen LogP contribution >= 0.6 is 23.2 Å². The second kappa shape index (κ2) is 4.44. The lowest BCUT2D eigenvalue weighted by Gasteiger charge is -2.17. The van der Waals surface area contributed by atoms with Crippen molar-refractivity contribution in [1.29, 1.82) is 0 Å². The third-order valence-corrected chi connectivity index (χ3v) is 2.88. The molecule has 0 bridgehead atoms. The van der Waals surface area contributed by atoms with Crippen molar-refractivity contribution >= 4 is 40.6 Å². The number of fused-ring (bicyclic) bond motifs is 1. The molecule has 0 aliphatic carbocycles. The molecule has 0 unspecified atom stereocenters. The lowest BCUT2D eigenvalue weighted by atomic mass is 9.99. The molecule has 0 fully saturated rings. The van der Waals surface area contributed by atoms with E-state index >= 15 is 0 Å². The van der Waals surface area contributed by atoms with E-state index in [1.807, 2.05) is 0 Å². The van der Waals surface area contributed by atoms with Crippen molar-refractivity contribution in [3.8, 4) is 0 Å². The van der Waals surface area contributed by atoms with Crippen molar-refractivity contribution in [2.75, 3.05) is 5.32 Å². The summed E-state index contributed by atoms with van der Waals surface area (Å²) in [5, 5.41) is 2.74. The van der Waals surface area contributed by atoms with Gasteiger partial charge in [0.2, 0.25) is 5.91 Å². The van der Waals surface area contributed by atoms with E-state index in [0.717, 1.165) is 11.3 Å². The summed E-state index contributed by atoms with van der Waals surface area (Å²) in [4.78, 5) is 21.6. The number of aryl methyl sites for hydroxylation is 1. The van der Waals surface area contributed by atoms with Crippen LogP contribution in [0.5, 0.6) is 0 Å². The second-order valence-electron chi connectivity index (χ2n) is 3.59. The molecule has 3 nitrogen and oxygen atoms in total. The average molecular weight is 258 g/mol. The van der Waals surface area contributed by atoms with Gasteiger partial charge in [-0.1, -0.05) is 23.2 Å². The summed E-state index contributed by atoms with van der Waals surface area (Å²) in [6.45, 7) is 0. The number of Topliss-reactive ketones (excluding diaryl/α,β-unsaturated/α-hetero) is 1. The zero-order valence-corrected chi connectivity index (χ0v) is 9.81. The van der Waals surface area contributed by atoms with Crippen LogP contribution in [-0.2, 0) is 11.2 Å². The SMILES string of the molecule is O=C1CCc2cc(C(=O)C(Cl)Cl)ccc2N1. The first kappa shape index (κ1) is 11.4. The summed E-state index contributed by atoms with van der Waals surface area (Å²) in [6, 6.07) is 5.05. The summed E-state index contributed by atoms with van der Waals surface area (Å²) in [7, 11) is 0. The minimum atomic E-state index is -1.05. The van der Waals surface area contributed by atoms with Crippen LogP contribution in [0.3, 0.4) is 0 Å². The predicted octanol–water partition coefficient (Wildman–Crippen LogP) is 2.56. The molecule has 5 heteroatoms. The van der Waals surface area contributed by atoms with Crippen molar-refractivity contribution in [3.63, 3.8) is 0 Å². The van der Waals surface area contributed by atoms with Gasteiger partial charge in [0.15, 0.2) is 10.6 Å². The Balaban J connectivity index is 2.33. The standard InChI is InChI=1S/C11H9Cl2NO2/c12-11(13)10(16)7-1-3-8-6(5-7)2-4-9(15)14-8/h1,3,5,11H,2,4H2,(H,14,15). The van der Waals surface area contributed by atoms with Gasteiger partial charge in [-0.05, 0) is 30.2 Å². The van der Waals surface area contributed by atoms with Crippen LogP contribution in [0.15, 0.2) is 18.2 Å². The Morgan fingerprint density at radius 2 is 2.06 bits per heavy atom. The highest BCUT2D eigenvalue weighted by molar-refractivity contribution is 6.55. The number of hydrogen-bond acceptors (Lipinski definition) is 2. The number of ketones is 1. The summed E-state index contributed by atoms with van der Waals surface area (Å²) in [5.74, 6) is -0.317. The smallest absolute Gasteiger partial charge is 0.224 e. The molecular formula is C11H9Cl2NO2. The van der Waals surface area contributed by atoms with Crippen molar-refractivity contribution in [3.05, 3.63) is 29.3 Å². The maximum absolute atomic E-state index is 11.5. The number of rotatable bonds is 2. The van der Waals surface area contributed by atoms with Gasteiger partial charge in [0.05, 0.1) is 0 Å². The van der Waals surface area contributed by atoms with Crippen LogP contribution in [0.2, 0.25) is 0 Å². The van der Waals surface area contributed by atoms with Gasteiger partial charge in [-0.25, -0.2) is 0 Å². The van der Waals surface area contributed by atoms with E-state index in [2.05, 4.69) is 5.32 Å². The molecule has 0 atom stereocenters. The normalized spacial score (nSPS) is 14.6. The van der Waals surface area contributed by atoms with Crippen molar-refractivity contribution in [2.45, 2.75) is 17.7 Å². The molecule has 0 aromatic heterocycles. The van der Waals surface area contributed by atoms with Crippen LogP contribution in [0.4, 0.5) is 5.69 Å². The average Bonchev–Trinajstić information content (AvgIpc) is 2.27. The van der Waals surface area contributed by atoms with Crippen LogP contribution in [0.1, 0.15) is 22.3 Å². The van der Waals surface area contributed by atoms with Crippen molar-refractivity contribution in [2.24, 2.45) is 0 Å². The molecule has 0 saturated heterocycles. The van der Waals surface area contributed by atoms with Gasteiger partial charge in [-0.3, -0.25) is 9.59 Å². The number of halogens is 2. The third-order valence-electron chi connectivity index (χ3n) is 2.48. The zero-order chi connectivity index (χ0) is 11.7. The maximum Gasteiger partial charge on any atom is 0.224 e. The molecule has 1 aromatic rings. The fraction of sp³-hybridized carbons (Fsp3) is 0.273. The van der Waals surface area contributed by atoms with Gasteiger partial charge < -0.3 is 5.32 Å². The summed E-state index contributed by atoms with van der Waals surface area (Å²) >= 11 is 11.0. The number of amides is 1. The molecule has 84 valence electrons. The topological polar surface area (TPSA) is 46.2 Å². The number of alkyl halides is 2. The Kier molecular flexibility index (Phi) is 3.17. The third kappa shape index (κ3) is 2.20. The molecule has 1 amide bonds. The molecule has 0 saturated carbocycles. The lowest BCUT2D eigenvalue weighted by molar-refractivity contribution is -0.116. The minimum absolute atomic E-state index is 0.000796. The van der Waals surface area contributed by atoms with Crippen molar-refractivity contribution in [1.82, 2.24) is 0 Å². The predicted molar refractivity (Wildman–Crippen MR) is 63.2 cm³/mol. The highest BCUT2D eigenvalue weighted by atomic mass is 35.5. The zero-order valence-electron chi connectivity index (χ0n) is 8.30. The highest BCUT2D eigenvalue weighted by Gasteiger charge is 2.19. The second-order valence-corrected chi connectivity index (χ2v) is 4.68. The Bertz CT molecular complexity index is 457. The van der Waals surface area contributed by atoms with E-state index in [-0.39, 0.29) is 11.7 Å². The van der Waals surface area contributed by atoms with Gasteiger partial charge in [0.1, 0.15) is 0 Å². The Hall–Kier alpha value is -1.06. The molecule has 0 spiro atoms. The summed E-state index contributed by atoms with van der Waals surface area (Å²) in [6.07, 6.45) is 1.08. The van der Waals surface area contributed by atoms with E-state index in [1.165, 1.54) is 0 Å². The fourth-order valence-electron chi connectivity index (χ4n) is 1.66. The number of benzene rings is 1. The first-order chi connectivity index (χ1) is 7.58. The fourth-order valence-corrected chi connectivity index (χ4v) is 1.91. The van der Waals surface area contributed by atoms with E-state index in [4.69, 9.17) is 23.2 Å². The Morgan fingerprint density at radius 1 is 1.31 bits per heavy atom. The van der Waals surface area contributed by atoms with E-state index < -0.39 is 4.84 Å². The molecule has 2 rings (SSSR count). The van der Waals surface area contributed by atoms with Gasteiger partial charge in [-0.2, -0.15) is 0 Å². The van der Waals surface area contributed by atoms with Crippen molar-refractivity contribution < 1.29 is 9.59 Å². The molecule has 1 aliphatic heterocycles. The summed E-state index contributed by atoms with van der Waals surface area (Å²) < 4.78 is 0. The van der Waals surface area contributed by atoms with Crippen LogP contribution in [0, 0.1) is 0 Å².